The minimum absolute atomic E-state index is 0.0625. The Morgan fingerprint density at radius 3 is 3.11 bits per heavy atom. The number of allylic oxidation sites excluding steroid dienone is 1. The molecule has 0 aromatic heterocycles. The van der Waals surface area contributed by atoms with Gasteiger partial charge in [-0.25, -0.2) is 0 Å². The molecule has 0 aromatic carbocycles. The van der Waals surface area contributed by atoms with Crippen molar-refractivity contribution in [3.8, 4) is 0 Å². The largest absolute Gasteiger partial charge is 0.289 e. The molecule has 1 atom stereocenters. The minimum atomic E-state index is 0.0625. The fourth-order valence-corrected chi connectivity index (χ4v) is 2.08. The molecule has 0 fully saturated rings. The van der Waals surface area contributed by atoms with Crippen LogP contribution >= 0.6 is 0 Å². The van der Waals surface area contributed by atoms with E-state index < -0.39 is 0 Å². The molecule has 1 N–H and O–H groups in total. The summed E-state index contributed by atoms with van der Waals surface area (Å²) in [6.45, 7) is 2.99. The first-order valence-electron chi connectivity index (χ1n) is 2.97. The van der Waals surface area contributed by atoms with Gasteiger partial charge < -0.3 is 0 Å². The van der Waals surface area contributed by atoms with Crippen molar-refractivity contribution in [1.82, 2.24) is 4.72 Å². The Morgan fingerprint density at radius 1 is 1.89 bits per heavy atom. The molecule has 1 aliphatic rings. The van der Waals surface area contributed by atoms with Gasteiger partial charge in [0.15, 0.2) is 5.75 Å². The van der Waals surface area contributed by atoms with Crippen LogP contribution in [0, 0.1) is 0 Å². The topological polar surface area (TPSA) is 29.1 Å². The van der Waals surface area contributed by atoms with E-state index in [1.165, 1.54) is 0 Å². The lowest BCUT2D eigenvalue weighted by molar-refractivity contribution is -0.112. The lowest BCUT2D eigenvalue weighted by Gasteiger charge is -1.92. The highest BCUT2D eigenvalue weighted by atomic mass is 32.2. The van der Waals surface area contributed by atoms with Crippen molar-refractivity contribution < 1.29 is 4.79 Å². The molecular weight excluding hydrogens is 134 g/mol. The van der Waals surface area contributed by atoms with Gasteiger partial charge in [-0.15, -0.1) is 4.72 Å². The van der Waals surface area contributed by atoms with E-state index in [9.17, 15) is 4.79 Å². The molecule has 0 bridgehead atoms. The van der Waals surface area contributed by atoms with Gasteiger partial charge in [0, 0.05) is 12.6 Å². The third-order valence-electron chi connectivity index (χ3n) is 1.05. The molecule has 0 spiro atoms. The van der Waals surface area contributed by atoms with Crippen molar-refractivity contribution >= 4 is 16.9 Å². The molecule has 2 nitrogen and oxygen atoms in total. The fraction of sp³-hybridized carbons (Fsp3) is 0.500. The molecule has 1 rings (SSSR count). The molecule has 0 amide bonds. The Bertz CT molecular complexity index is 144. The van der Waals surface area contributed by atoms with E-state index >= 15 is 0 Å². The zero-order chi connectivity index (χ0) is 6.69. The summed E-state index contributed by atoms with van der Waals surface area (Å²) < 4.78 is 3.20. The van der Waals surface area contributed by atoms with Crippen molar-refractivity contribution in [1.29, 1.82) is 0 Å². The highest BCUT2D eigenvalue weighted by Crippen LogP contribution is 2.02. The quantitative estimate of drug-likeness (QED) is 0.562. The lowest BCUT2D eigenvalue weighted by Crippen LogP contribution is -2.23. The van der Waals surface area contributed by atoms with E-state index in [1.807, 2.05) is 12.3 Å². The molecule has 0 aromatic rings. The zero-order valence-corrected chi connectivity index (χ0v) is 6.20. The number of rotatable bonds is 2. The Morgan fingerprint density at radius 2 is 2.67 bits per heavy atom. The summed E-state index contributed by atoms with van der Waals surface area (Å²) in [7, 11) is 0. The summed E-state index contributed by atoms with van der Waals surface area (Å²) in [5.74, 6) is 0.924. The Kier molecular flexibility index (Phi) is 2.30. The number of carbonyl (C=O) groups is 1. The van der Waals surface area contributed by atoms with E-state index in [-0.39, 0.29) is 16.9 Å². The second-order valence-corrected chi connectivity index (χ2v) is 3.55. The van der Waals surface area contributed by atoms with E-state index in [1.54, 1.807) is 6.08 Å². The average Bonchev–Trinajstić information content (AvgIpc) is 2.17. The van der Waals surface area contributed by atoms with Crippen LogP contribution in [-0.4, -0.2) is 18.1 Å². The second kappa shape index (κ2) is 3.03. The molecule has 9 heavy (non-hydrogen) atoms. The van der Waals surface area contributed by atoms with Crippen LogP contribution in [0.25, 0.3) is 0 Å². The first-order chi connectivity index (χ1) is 4.33. The molecule has 1 unspecified atom stereocenters. The molecule has 3 heteroatoms. The molecule has 0 aliphatic carbocycles. The summed E-state index contributed by atoms with van der Waals surface area (Å²) in [5.41, 5.74) is 0. The Balaban J connectivity index is 2.32. The predicted octanol–water partition coefficient (Wildman–Crippen LogP) is 0.226. The molecule has 0 saturated heterocycles. The van der Waals surface area contributed by atoms with Gasteiger partial charge in [0.2, 0.25) is 5.78 Å². The summed E-state index contributed by atoms with van der Waals surface area (Å²) in [6, 6.07) is 0. The van der Waals surface area contributed by atoms with Gasteiger partial charge in [-0.3, -0.25) is 4.79 Å². The van der Waals surface area contributed by atoms with Crippen molar-refractivity contribution in [2.24, 2.45) is 0 Å². The van der Waals surface area contributed by atoms with Crippen molar-refractivity contribution in [3.63, 3.8) is 0 Å². The average molecular weight is 144 g/mol. The van der Waals surface area contributed by atoms with Crippen LogP contribution < -0.4 is 4.72 Å². The summed E-state index contributed by atoms with van der Waals surface area (Å²) in [6.07, 6.45) is 1.66. The maximum Gasteiger partial charge on any atom is 0.211 e. The van der Waals surface area contributed by atoms with Crippen LogP contribution in [0.15, 0.2) is 11.5 Å². The van der Waals surface area contributed by atoms with Crippen LogP contribution in [0.4, 0.5) is 0 Å². The van der Waals surface area contributed by atoms with Crippen LogP contribution in [0.5, 0.6) is 0 Å². The zero-order valence-electron chi connectivity index (χ0n) is 5.39. The molecule has 1 heterocycles. The number of carbonyl (C=O) groups excluding carboxylic acids is 1. The molecular formula is C6H10NOS+. The van der Waals surface area contributed by atoms with Gasteiger partial charge in [-0.05, 0) is 6.92 Å². The smallest absolute Gasteiger partial charge is 0.211 e. The number of hydrogen-bond acceptors (Lipinski definition) is 2. The third-order valence-corrected chi connectivity index (χ3v) is 2.77. The van der Waals surface area contributed by atoms with Crippen LogP contribution in [0.1, 0.15) is 6.92 Å². The maximum absolute atomic E-state index is 10.6. The maximum atomic E-state index is 10.6. The highest BCUT2D eigenvalue weighted by Gasteiger charge is 2.24. The van der Waals surface area contributed by atoms with E-state index in [0.717, 1.165) is 6.54 Å². The van der Waals surface area contributed by atoms with Gasteiger partial charge >= 0.3 is 0 Å². The van der Waals surface area contributed by atoms with Crippen molar-refractivity contribution in [2.75, 3.05) is 12.3 Å². The predicted molar refractivity (Wildman–Crippen MR) is 40.1 cm³/mol. The molecule has 1 aliphatic heterocycles. The monoisotopic (exact) mass is 144 g/mol. The lowest BCUT2D eigenvalue weighted by atomic mass is 10.5. The molecule has 0 saturated carbocycles. The standard InChI is InChI=1S/C6H10NOS/c1-2-7-9-4-3-6(8)5-9/h3-4,7H,2,5H2,1H3/q+1. The van der Waals surface area contributed by atoms with Gasteiger partial charge in [0.05, 0.1) is 0 Å². The highest BCUT2D eigenvalue weighted by molar-refractivity contribution is 7.99. The van der Waals surface area contributed by atoms with E-state index in [4.69, 9.17) is 0 Å². The minimum Gasteiger partial charge on any atom is -0.289 e. The van der Waals surface area contributed by atoms with E-state index in [0.29, 0.717) is 5.75 Å². The van der Waals surface area contributed by atoms with Gasteiger partial charge in [0.1, 0.15) is 16.5 Å². The van der Waals surface area contributed by atoms with Gasteiger partial charge in [-0.2, -0.15) is 0 Å². The second-order valence-electron chi connectivity index (χ2n) is 1.84. The van der Waals surface area contributed by atoms with Crippen molar-refractivity contribution in [3.05, 3.63) is 11.5 Å². The molecule has 50 valence electrons. The summed E-state index contributed by atoms with van der Waals surface area (Å²) in [5, 5.41) is 1.95. The van der Waals surface area contributed by atoms with Crippen molar-refractivity contribution in [2.45, 2.75) is 6.92 Å². The fourth-order valence-electron chi connectivity index (χ4n) is 0.692. The molecule has 0 radical (unpaired) electrons. The summed E-state index contributed by atoms with van der Waals surface area (Å²) in [4.78, 5) is 10.6. The normalized spacial score (nSPS) is 25.4. The van der Waals surface area contributed by atoms with Gasteiger partial charge in [-0.1, -0.05) is 0 Å². The third kappa shape index (κ3) is 1.84. The Labute approximate surface area is 57.8 Å². The van der Waals surface area contributed by atoms with Crippen LogP contribution in [-0.2, 0) is 15.9 Å². The SMILES string of the molecule is CCN[S+]1C=CC(=O)C1. The van der Waals surface area contributed by atoms with E-state index in [2.05, 4.69) is 4.72 Å². The van der Waals surface area contributed by atoms with Gasteiger partial charge in [0.25, 0.3) is 0 Å². The van der Waals surface area contributed by atoms with Crippen LogP contribution in [0.2, 0.25) is 0 Å². The Hall–Kier alpha value is -0.280. The number of ketones is 1. The van der Waals surface area contributed by atoms with Crippen LogP contribution in [0.3, 0.4) is 0 Å². The number of nitrogens with one attached hydrogen (secondary N) is 1. The number of hydrogen-bond donors (Lipinski definition) is 1. The first kappa shape index (κ1) is 6.83. The first-order valence-corrected chi connectivity index (χ1v) is 4.43. The summed E-state index contributed by atoms with van der Waals surface area (Å²) >= 11 is 0.0625.